The second-order valence-electron chi connectivity index (χ2n) is 4.42. The van der Waals surface area contributed by atoms with Gasteiger partial charge in [-0.1, -0.05) is 0 Å². The lowest BCUT2D eigenvalue weighted by molar-refractivity contribution is -0.384. The number of halogens is 1. The van der Waals surface area contributed by atoms with Crippen molar-refractivity contribution in [2.45, 2.75) is 11.7 Å². The van der Waals surface area contributed by atoms with Gasteiger partial charge in [0.25, 0.3) is 5.69 Å². The highest BCUT2D eigenvalue weighted by molar-refractivity contribution is 8.14. The van der Waals surface area contributed by atoms with E-state index in [4.69, 9.17) is 15.4 Å². The Morgan fingerprint density at radius 1 is 1.48 bits per heavy atom. The molecule has 1 fully saturated rings. The lowest BCUT2D eigenvalue weighted by atomic mass is 10.2. The van der Waals surface area contributed by atoms with Crippen molar-refractivity contribution in [1.29, 1.82) is 0 Å². The molecule has 1 amide bonds. The molecule has 0 bridgehead atoms. The molecule has 2 rings (SSSR count). The standard InChI is InChI=1S/C11H11ClN2O6S/c1-20-7-2-3-9(14(16)17)10(4-7)13-6-8(5-11(13)15)21(12,18)19/h2-4,8H,5-6H2,1H3. The van der Waals surface area contributed by atoms with Crippen molar-refractivity contribution >= 4 is 37.0 Å². The molecule has 1 atom stereocenters. The highest BCUT2D eigenvalue weighted by atomic mass is 35.7. The minimum atomic E-state index is -3.92. The molecule has 0 aromatic heterocycles. The van der Waals surface area contributed by atoms with Gasteiger partial charge in [-0.25, -0.2) is 8.42 Å². The Morgan fingerprint density at radius 2 is 2.14 bits per heavy atom. The van der Waals surface area contributed by atoms with Crippen LogP contribution in [0.5, 0.6) is 5.75 Å². The molecule has 1 aromatic rings. The number of anilines is 1. The summed E-state index contributed by atoms with van der Waals surface area (Å²) >= 11 is 0. The number of carbonyl (C=O) groups is 1. The lowest BCUT2D eigenvalue weighted by Crippen LogP contribution is -2.27. The van der Waals surface area contributed by atoms with Gasteiger partial charge in [0.05, 0.1) is 12.0 Å². The van der Waals surface area contributed by atoms with Crippen molar-refractivity contribution in [3.8, 4) is 5.75 Å². The van der Waals surface area contributed by atoms with E-state index in [9.17, 15) is 23.3 Å². The van der Waals surface area contributed by atoms with E-state index in [1.807, 2.05) is 0 Å². The van der Waals surface area contributed by atoms with Gasteiger partial charge in [-0.05, 0) is 6.07 Å². The van der Waals surface area contributed by atoms with E-state index >= 15 is 0 Å². The number of hydrogen-bond donors (Lipinski definition) is 0. The first kappa shape index (κ1) is 15.5. The van der Waals surface area contributed by atoms with E-state index in [1.54, 1.807) is 0 Å². The van der Waals surface area contributed by atoms with Crippen LogP contribution in [0.3, 0.4) is 0 Å². The van der Waals surface area contributed by atoms with Crippen molar-refractivity contribution in [2.24, 2.45) is 0 Å². The number of nitrogens with zero attached hydrogens (tertiary/aromatic N) is 2. The molecule has 0 spiro atoms. The molecular weight excluding hydrogens is 324 g/mol. The van der Waals surface area contributed by atoms with E-state index in [1.165, 1.54) is 25.3 Å². The zero-order valence-electron chi connectivity index (χ0n) is 10.9. The summed E-state index contributed by atoms with van der Waals surface area (Å²) < 4.78 is 27.6. The van der Waals surface area contributed by atoms with Gasteiger partial charge < -0.3 is 9.64 Å². The predicted octanol–water partition coefficient (Wildman–Crippen LogP) is 1.28. The molecule has 0 aliphatic carbocycles. The van der Waals surface area contributed by atoms with Gasteiger partial charge in [0, 0.05) is 35.8 Å². The highest BCUT2D eigenvalue weighted by Gasteiger charge is 2.40. The first-order chi connectivity index (χ1) is 9.74. The summed E-state index contributed by atoms with van der Waals surface area (Å²) in [5, 5.41) is 9.96. The molecule has 1 heterocycles. The molecule has 10 heteroatoms. The third kappa shape index (κ3) is 3.08. The summed E-state index contributed by atoms with van der Waals surface area (Å²) in [6.07, 6.45) is -0.305. The first-order valence-corrected chi connectivity index (χ1v) is 8.17. The number of carbonyl (C=O) groups excluding carboxylic acids is 1. The van der Waals surface area contributed by atoms with Crippen molar-refractivity contribution in [3.63, 3.8) is 0 Å². The minimum Gasteiger partial charge on any atom is -0.497 e. The van der Waals surface area contributed by atoms with Gasteiger partial charge in [0.2, 0.25) is 15.0 Å². The van der Waals surface area contributed by atoms with Crippen LogP contribution in [0.15, 0.2) is 18.2 Å². The Labute approximate surface area is 124 Å². The second kappa shape index (κ2) is 5.49. The molecule has 1 unspecified atom stereocenters. The quantitative estimate of drug-likeness (QED) is 0.466. The van der Waals surface area contributed by atoms with Gasteiger partial charge in [-0.2, -0.15) is 0 Å². The average molecular weight is 335 g/mol. The summed E-state index contributed by atoms with van der Waals surface area (Å²) in [4.78, 5) is 23.4. The molecule has 1 aliphatic rings. The molecule has 0 radical (unpaired) electrons. The molecular formula is C11H11ClN2O6S. The lowest BCUT2D eigenvalue weighted by Gasteiger charge is -2.17. The third-order valence-electron chi connectivity index (χ3n) is 3.16. The van der Waals surface area contributed by atoms with E-state index < -0.39 is 25.1 Å². The number of amides is 1. The smallest absolute Gasteiger partial charge is 0.293 e. The topological polar surface area (TPSA) is 107 Å². The maximum absolute atomic E-state index is 11.9. The zero-order chi connectivity index (χ0) is 15.8. The number of benzene rings is 1. The van der Waals surface area contributed by atoms with E-state index in [-0.39, 0.29) is 24.3 Å². The summed E-state index contributed by atoms with van der Waals surface area (Å²) in [5.74, 6) is -0.221. The largest absolute Gasteiger partial charge is 0.497 e. The minimum absolute atomic E-state index is 0.00725. The van der Waals surface area contributed by atoms with Crippen LogP contribution < -0.4 is 9.64 Å². The summed E-state index contributed by atoms with van der Waals surface area (Å²) in [6.45, 7) is -0.224. The van der Waals surface area contributed by atoms with Crippen molar-refractivity contribution in [3.05, 3.63) is 28.3 Å². The fraction of sp³-hybridized carbons (Fsp3) is 0.364. The fourth-order valence-corrected chi connectivity index (χ4v) is 3.12. The fourth-order valence-electron chi connectivity index (χ4n) is 2.10. The van der Waals surface area contributed by atoms with E-state index in [2.05, 4.69) is 0 Å². The predicted molar refractivity (Wildman–Crippen MR) is 75.2 cm³/mol. The molecule has 8 nitrogen and oxygen atoms in total. The van der Waals surface area contributed by atoms with Gasteiger partial charge in [-0.3, -0.25) is 14.9 Å². The third-order valence-corrected chi connectivity index (χ3v) is 5.03. The molecule has 1 aliphatic heterocycles. The summed E-state index contributed by atoms with van der Waals surface area (Å²) in [6, 6.07) is 3.90. The zero-order valence-corrected chi connectivity index (χ0v) is 12.4. The number of methoxy groups -OCH3 is 1. The molecule has 114 valence electrons. The van der Waals surface area contributed by atoms with Gasteiger partial charge in [-0.15, -0.1) is 0 Å². The van der Waals surface area contributed by atoms with Gasteiger partial charge in [0.15, 0.2) is 0 Å². The molecule has 21 heavy (non-hydrogen) atoms. The van der Waals surface area contributed by atoms with Crippen LogP contribution in [0.25, 0.3) is 0 Å². The number of ether oxygens (including phenoxy) is 1. The number of nitro benzene ring substituents is 1. The van der Waals surface area contributed by atoms with E-state index in [0.717, 1.165) is 4.90 Å². The second-order valence-corrected chi connectivity index (χ2v) is 7.33. The monoisotopic (exact) mass is 334 g/mol. The number of nitro groups is 1. The van der Waals surface area contributed by atoms with Crippen molar-refractivity contribution < 1.29 is 22.9 Å². The van der Waals surface area contributed by atoms with Crippen molar-refractivity contribution in [2.75, 3.05) is 18.6 Å². The average Bonchev–Trinajstić information content (AvgIpc) is 2.79. The van der Waals surface area contributed by atoms with Gasteiger partial charge >= 0.3 is 0 Å². The molecule has 1 aromatic carbocycles. The van der Waals surface area contributed by atoms with Gasteiger partial charge in [0.1, 0.15) is 16.7 Å². The Hall–Kier alpha value is -1.87. The maximum Gasteiger partial charge on any atom is 0.293 e. The Balaban J connectivity index is 2.46. The maximum atomic E-state index is 11.9. The van der Waals surface area contributed by atoms with Crippen LogP contribution in [0.4, 0.5) is 11.4 Å². The van der Waals surface area contributed by atoms with Crippen LogP contribution in [0.2, 0.25) is 0 Å². The molecule has 1 saturated heterocycles. The van der Waals surface area contributed by atoms with Crippen LogP contribution in [-0.2, 0) is 13.8 Å². The molecule has 0 saturated carbocycles. The van der Waals surface area contributed by atoms with Crippen LogP contribution in [-0.4, -0.2) is 38.2 Å². The number of hydrogen-bond acceptors (Lipinski definition) is 6. The van der Waals surface area contributed by atoms with Crippen LogP contribution >= 0.6 is 10.7 Å². The molecule has 0 N–H and O–H groups in total. The van der Waals surface area contributed by atoms with E-state index in [0.29, 0.717) is 5.75 Å². The summed E-state index contributed by atoms with van der Waals surface area (Å²) in [5.41, 5.74) is -0.316. The van der Waals surface area contributed by atoms with Crippen LogP contribution in [0, 0.1) is 10.1 Å². The SMILES string of the molecule is COc1ccc([N+](=O)[O-])c(N2CC(S(=O)(=O)Cl)CC2=O)c1. The Bertz CT molecular complexity index is 705. The number of rotatable bonds is 4. The first-order valence-electron chi connectivity index (χ1n) is 5.80. The Kier molecular flexibility index (Phi) is 4.06. The Morgan fingerprint density at radius 3 is 2.62 bits per heavy atom. The highest BCUT2D eigenvalue weighted by Crippen LogP contribution is 2.36. The normalized spacial score (nSPS) is 18.9. The van der Waals surface area contributed by atoms with Crippen molar-refractivity contribution in [1.82, 2.24) is 0 Å². The summed E-state index contributed by atoms with van der Waals surface area (Å²) in [7, 11) is 2.71. The van der Waals surface area contributed by atoms with Crippen LogP contribution in [0.1, 0.15) is 6.42 Å².